The van der Waals surface area contributed by atoms with Gasteiger partial charge >= 0.3 is 12.0 Å². The van der Waals surface area contributed by atoms with Gasteiger partial charge in [0, 0.05) is 6.54 Å². The molecule has 2 rings (SSSR count). The highest BCUT2D eigenvalue weighted by molar-refractivity contribution is 5.95. The molecule has 0 bridgehead atoms. The van der Waals surface area contributed by atoms with Crippen LogP contribution in [-0.4, -0.2) is 34.6 Å². The molecular weight excluding hydrogens is 234 g/mol. The summed E-state index contributed by atoms with van der Waals surface area (Å²) in [5.41, 5.74) is 6.67. The van der Waals surface area contributed by atoms with E-state index in [0.717, 1.165) is 0 Å². The molecule has 1 heterocycles. The maximum Gasteiger partial charge on any atom is 0.326 e. The highest BCUT2D eigenvalue weighted by atomic mass is 16.4. The predicted molar refractivity (Wildman–Crippen MR) is 67.2 cm³/mol. The summed E-state index contributed by atoms with van der Waals surface area (Å²) < 4.78 is 0. The van der Waals surface area contributed by atoms with Gasteiger partial charge in [-0.2, -0.15) is 0 Å². The Morgan fingerprint density at radius 2 is 2.11 bits per heavy atom. The average molecular weight is 249 g/mol. The first-order valence-corrected chi connectivity index (χ1v) is 5.74. The number of benzene rings is 1. The summed E-state index contributed by atoms with van der Waals surface area (Å²) in [5.74, 6) is -0.969. The zero-order valence-electron chi connectivity index (χ0n) is 9.80. The van der Waals surface area contributed by atoms with Crippen LogP contribution in [-0.2, 0) is 4.79 Å². The van der Waals surface area contributed by atoms with E-state index in [1.165, 1.54) is 4.90 Å². The number of urea groups is 1. The number of carboxylic acids is 1. The molecule has 0 radical (unpaired) electrons. The molecule has 0 spiro atoms. The van der Waals surface area contributed by atoms with Gasteiger partial charge in [0.15, 0.2) is 0 Å². The smallest absolute Gasteiger partial charge is 0.326 e. The summed E-state index contributed by atoms with van der Waals surface area (Å²) in [7, 11) is 0. The number of nitrogen functional groups attached to an aromatic ring is 1. The van der Waals surface area contributed by atoms with Crippen molar-refractivity contribution in [3.63, 3.8) is 0 Å². The molecule has 18 heavy (non-hydrogen) atoms. The molecule has 0 aliphatic carbocycles. The van der Waals surface area contributed by atoms with E-state index in [1.54, 1.807) is 24.3 Å². The monoisotopic (exact) mass is 249 g/mol. The van der Waals surface area contributed by atoms with Crippen molar-refractivity contribution in [3.8, 4) is 0 Å². The molecule has 1 fully saturated rings. The predicted octanol–water partition coefficient (Wildman–Crippen LogP) is 1.35. The van der Waals surface area contributed by atoms with Crippen LogP contribution in [0.1, 0.15) is 12.8 Å². The molecule has 4 N–H and O–H groups in total. The van der Waals surface area contributed by atoms with Crippen LogP contribution in [0.5, 0.6) is 0 Å². The lowest BCUT2D eigenvalue weighted by atomic mass is 10.2. The van der Waals surface area contributed by atoms with Crippen molar-refractivity contribution in [2.75, 3.05) is 17.6 Å². The number of carboxylic acid groups (broad SMARTS) is 1. The van der Waals surface area contributed by atoms with Crippen molar-refractivity contribution in [3.05, 3.63) is 24.3 Å². The van der Waals surface area contributed by atoms with E-state index < -0.39 is 18.0 Å². The SMILES string of the molecule is Nc1ccccc1NC(=O)N1CCC[C@H]1C(=O)O. The topological polar surface area (TPSA) is 95.7 Å². The van der Waals surface area contributed by atoms with Crippen molar-refractivity contribution < 1.29 is 14.7 Å². The van der Waals surface area contributed by atoms with E-state index in [2.05, 4.69) is 5.32 Å². The van der Waals surface area contributed by atoms with Gasteiger partial charge in [-0.1, -0.05) is 12.1 Å². The van der Waals surface area contributed by atoms with Gasteiger partial charge in [0.25, 0.3) is 0 Å². The number of carbonyl (C=O) groups is 2. The summed E-state index contributed by atoms with van der Waals surface area (Å²) in [6.07, 6.45) is 1.20. The lowest BCUT2D eigenvalue weighted by Gasteiger charge is -2.22. The number of rotatable bonds is 2. The van der Waals surface area contributed by atoms with E-state index in [9.17, 15) is 9.59 Å². The van der Waals surface area contributed by atoms with Crippen LogP contribution in [0.4, 0.5) is 16.2 Å². The van der Waals surface area contributed by atoms with Crippen LogP contribution in [0.3, 0.4) is 0 Å². The average Bonchev–Trinajstić information content (AvgIpc) is 2.81. The molecule has 0 unspecified atom stereocenters. The van der Waals surface area contributed by atoms with Gasteiger partial charge in [-0.05, 0) is 25.0 Å². The second-order valence-corrected chi connectivity index (χ2v) is 4.21. The molecule has 1 aliphatic heterocycles. The van der Waals surface area contributed by atoms with Gasteiger partial charge in [0.1, 0.15) is 6.04 Å². The fourth-order valence-corrected chi connectivity index (χ4v) is 2.06. The number of para-hydroxylation sites is 2. The van der Waals surface area contributed by atoms with Gasteiger partial charge in [-0.3, -0.25) is 0 Å². The summed E-state index contributed by atoms with van der Waals surface area (Å²) in [5, 5.41) is 11.6. The Hall–Kier alpha value is -2.24. The first-order valence-electron chi connectivity index (χ1n) is 5.74. The Morgan fingerprint density at radius 1 is 1.39 bits per heavy atom. The molecule has 6 nitrogen and oxygen atoms in total. The number of nitrogens with zero attached hydrogens (tertiary/aromatic N) is 1. The number of hydrogen-bond donors (Lipinski definition) is 3. The highest BCUT2D eigenvalue weighted by Gasteiger charge is 2.34. The Labute approximate surface area is 104 Å². The fraction of sp³-hybridized carbons (Fsp3) is 0.333. The normalized spacial score (nSPS) is 18.7. The Balaban J connectivity index is 2.08. The third-order valence-electron chi connectivity index (χ3n) is 3.00. The molecule has 1 atom stereocenters. The van der Waals surface area contributed by atoms with Gasteiger partial charge in [-0.25, -0.2) is 9.59 Å². The third-order valence-corrected chi connectivity index (χ3v) is 3.00. The number of hydrogen-bond acceptors (Lipinski definition) is 3. The standard InChI is InChI=1S/C12H15N3O3/c13-8-4-1-2-5-9(8)14-12(18)15-7-3-6-10(15)11(16)17/h1-2,4-5,10H,3,6-7,13H2,(H,14,18)(H,16,17)/t10-/m0/s1. The number of likely N-dealkylation sites (tertiary alicyclic amines) is 1. The molecule has 2 amide bonds. The summed E-state index contributed by atoms with van der Waals surface area (Å²) in [4.78, 5) is 24.3. The van der Waals surface area contributed by atoms with Crippen molar-refractivity contribution in [2.24, 2.45) is 0 Å². The number of carbonyl (C=O) groups excluding carboxylic acids is 1. The molecule has 1 aliphatic rings. The van der Waals surface area contributed by atoms with E-state index >= 15 is 0 Å². The largest absolute Gasteiger partial charge is 0.480 e. The summed E-state index contributed by atoms with van der Waals surface area (Å²) in [6, 6.07) is 5.71. The highest BCUT2D eigenvalue weighted by Crippen LogP contribution is 2.21. The van der Waals surface area contributed by atoms with Crippen molar-refractivity contribution in [2.45, 2.75) is 18.9 Å². The van der Waals surface area contributed by atoms with E-state index in [0.29, 0.717) is 30.8 Å². The summed E-state index contributed by atoms with van der Waals surface area (Å²) in [6.45, 7) is 0.454. The van der Waals surface area contributed by atoms with Crippen molar-refractivity contribution >= 4 is 23.4 Å². The van der Waals surface area contributed by atoms with E-state index in [1.807, 2.05) is 0 Å². The number of aliphatic carboxylic acids is 1. The van der Waals surface area contributed by atoms with Crippen LogP contribution in [0, 0.1) is 0 Å². The first-order chi connectivity index (χ1) is 8.59. The van der Waals surface area contributed by atoms with Crippen molar-refractivity contribution in [1.29, 1.82) is 0 Å². The minimum absolute atomic E-state index is 0.419. The van der Waals surface area contributed by atoms with Gasteiger partial charge in [0.2, 0.25) is 0 Å². The fourth-order valence-electron chi connectivity index (χ4n) is 2.06. The lowest BCUT2D eigenvalue weighted by Crippen LogP contribution is -2.42. The second-order valence-electron chi connectivity index (χ2n) is 4.21. The van der Waals surface area contributed by atoms with Crippen molar-refractivity contribution in [1.82, 2.24) is 4.90 Å². The quantitative estimate of drug-likeness (QED) is 0.689. The third kappa shape index (κ3) is 2.37. The minimum Gasteiger partial charge on any atom is -0.480 e. The minimum atomic E-state index is -0.969. The summed E-state index contributed by atoms with van der Waals surface area (Å²) >= 11 is 0. The van der Waals surface area contributed by atoms with E-state index in [4.69, 9.17) is 10.8 Å². The maximum absolute atomic E-state index is 12.0. The molecule has 1 aromatic carbocycles. The Morgan fingerprint density at radius 3 is 2.78 bits per heavy atom. The molecule has 0 aromatic heterocycles. The Kier molecular flexibility index (Phi) is 3.36. The zero-order valence-corrected chi connectivity index (χ0v) is 9.80. The number of nitrogens with two attached hydrogens (primary N) is 1. The van der Waals surface area contributed by atoms with E-state index in [-0.39, 0.29) is 0 Å². The maximum atomic E-state index is 12.0. The molecule has 96 valence electrons. The van der Waals surface area contributed by atoms with Gasteiger partial charge in [-0.15, -0.1) is 0 Å². The van der Waals surface area contributed by atoms with Crippen LogP contribution >= 0.6 is 0 Å². The molecule has 6 heteroatoms. The first kappa shape index (κ1) is 12.2. The number of anilines is 2. The lowest BCUT2D eigenvalue weighted by molar-refractivity contribution is -0.141. The number of nitrogens with one attached hydrogen (secondary N) is 1. The molecule has 1 saturated heterocycles. The number of amides is 2. The van der Waals surface area contributed by atoms with Gasteiger partial charge < -0.3 is 21.1 Å². The zero-order chi connectivity index (χ0) is 13.1. The van der Waals surface area contributed by atoms with Gasteiger partial charge in [0.05, 0.1) is 11.4 Å². The van der Waals surface area contributed by atoms with Crippen LogP contribution in [0.25, 0.3) is 0 Å². The van der Waals surface area contributed by atoms with Crippen LogP contribution in [0.15, 0.2) is 24.3 Å². The molecular formula is C12H15N3O3. The molecule has 0 saturated carbocycles. The Bertz CT molecular complexity index is 475. The molecule has 1 aromatic rings. The van der Waals surface area contributed by atoms with Crippen LogP contribution < -0.4 is 11.1 Å². The van der Waals surface area contributed by atoms with Crippen LogP contribution in [0.2, 0.25) is 0 Å². The second kappa shape index (κ2) is 4.95.